The molecule has 2 heterocycles. The van der Waals surface area contributed by atoms with Crippen LogP contribution >= 0.6 is 0 Å². The molecule has 0 radical (unpaired) electrons. The van der Waals surface area contributed by atoms with E-state index in [1.54, 1.807) is 23.0 Å². The molecule has 0 bridgehead atoms. The molecule has 0 aliphatic carbocycles. The SMILES string of the molecule is Cn1nccc1[C@@H]1OCC[C@H]1CNC(C(N)=O)c1ccc(F)cc1. The number of halogens is 1. The first-order valence-electron chi connectivity index (χ1n) is 7.94. The highest BCUT2D eigenvalue weighted by atomic mass is 19.1. The molecule has 2 aromatic rings. The molecular formula is C17H21FN4O2. The monoisotopic (exact) mass is 332 g/mol. The van der Waals surface area contributed by atoms with E-state index >= 15 is 0 Å². The number of aryl methyl sites for hydroxylation is 1. The van der Waals surface area contributed by atoms with Crippen molar-refractivity contribution in [3.8, 4) is 0 Å². The van der Waals surface area contributed by atoms with E-state index < -0.39 is 11.9 Å². The van der Waals surface area contributed by atoms with E-state index in [9.17, 15) is 9.18 Å². The molecule has 3 atom stereocenters. The summed E-state index contributed by atoms with van der Waals surface area (Å²) in [5, 5.41) is 7.38. The Morgan fingerprint density at radius 2 is 2.21 bits per heavy atom. The van der Waals surface area contributed by atoms with Crippen LogP contribution in [0.4, 0.5) is 4.39 Å². The van der Waals surface area contributed by atoms with Gasteiger partial charge in [-0.25, -0.2) is 4.39 Å². The van der Waals surface area contributed by atoms with E-state index in [4.69, 9.17) is 10.5 Å². The highest BCUT2D eigenvalue weighted by Crippen LogP contribution is 2.34. The maximum atomic E-state index is 13.1. The van der Waals surface area contributed by atoms with Gasteiger partial charge in [-0.3, -0.25) is 9.48 Å². The predicted octanol–water partition coefficient (Wildman–Crippen LogP) is 1.45. The highest BCUT2D eigenvalue weighted by Gasteiger charge is 2.32. The Morgan fingerprint density at radius 3 is 2.83 bits per heavy atom. The molecule has 1 aromatic carbocycles. The number of hydrogen-bond acceptors (Lipinski definition) is 4. The van der Waals surface area contributed by atoms with E-state index in [1.165, 1.54) is 12.1 Å². The number of carbonyl (C=O) groups is 1. The standard InChI is InChI=1S/C17H21FN4O2/c1-22-14(6-8-21-22)16-12(7-9-24-16)10-20-15(17(19)23)11-2-4-13(18)5-3-11/h2-6,8,12,15-16,20H,7,9-10H2,1H3,(H2,19,23)/t12-,15?,16+/m0/s1. The lowest BCUT2D eigenvalue weighted by atomic mass is 9.97. The first-order chi connectivity index (χ1) is 11.6. The summed E-state index contributed by atoms with van der Waals surface area (Å²) in [6, 6.07) is 7.07. The molecule has 1 saturated heterocycles. The van der Waals surface area contributed by atoms with Crippen LogP contribution in [0.25, 0.3) is 0 Å². The van der Waals surface area contributed by atoms with E-state index in [2.05, 4.69) is 10.4 Å². The Bertz CT molecular complexity index is 701. The summed E-state index contributed by atoms with van der Waals surface area (Å²) in [6.07, 6.45) is 2.57. The average molecular weight is 332 g/mol. The van der Waals surface area contributed by atoms with Gasteiger partial charge in [-0.1, -0.05) is 12.1 Å². The number of nitrogens with two attached hydrogens (primary N) is 1. The number of rotatable bonds is 6. The third-order valence-electron chi connectivity index (χ3n) is 4.44. The maximum absolute atomic E-state index is 13.1. The molecule has 1 aliphatic rings. The third kappa shape index (κ3) is 3.47. The second kappa shape index (κ2) is 7.11. The van der Waals surface area contributed by atoms with Gasteiger partial charge >= 0.3 is 0 Å². The minimum absolute atomic E-state index is 0.0632. The summed E-state index contributed by atoms with van der Waals surface area (Å²) < 4.78 is 20.7. The van der Waals surface area contributed by atoms with Gasteiger partial charge in [0.15, 0.2) is 0 Å². The predicted molar refractivity (Wildman–Crippen MR) is 86.3 cm³/mol. The maximum Gasteiger partial charge on any atom is 0.239 e. The Balaban J connectivity index is 1.69. The minimum Gasteiger partial charge on any atom is -0.372 e. The fourth-order valence-electron chi connectivity index (χ4n) is 3.14. The number of benzene rings is 1. The van der Waals surface area contributed by atoms with Gasteiger partial charge in [-0.2, -0.15) is 5.10 Å². The fraction of sp³-hybridized carbons (Fsp3) is 0.412. The molecule has 0 saturated carbocycles. The smallest absolute Gasteiger partial charge is 0.239 e. The van der Waals surface area contributed by atoms with Crippen LogP contribution in [0.2, 0.25) is 0 Å². The van der Waals surface area contributed by atoms with Gasteiger partial charge in [0.25, 0.3) is 0 Å². The van der Waals surface area contributed by atoms with Crippen molar-refractivity contribution in [3.05, 3.63) is 53.6 Å². The molecule has 0 spiro atoms. The van der Waals surface area contributed by atoms with Crippen LogP contribution in [0.5, 0.6) is 0 Å². The second-order valence-electron chi connectivity index (χ2n) is 6.02. The van der Waals surface area contributed by atoms with Crippen molar-refractivity contribution in [2.24, 2.45) is 18.7 Å². The number of carbonyl (C=O) groups excluding carboxylic acids is 1. The quantitative estimate of drug-likeness (QED) is 0.839. The number of primary amides is 1. The normalized spacial score (nSPS) is 21.8. The van der Waals surface area contributed by atoms with E-state index in [1.807, 2.05) is 13.1 Å². The minimum atomic E-state index is -0.654. The Labute approximate surface area is 139 Å². The van der Waals surface area contributed by atoms with Crippen molar-refractivity contribution in [3.63, 3.8) is 0 Å². The van der Waals surface area contributed by atoms with Gasteiger partial charge in [-0.15, -0.1) is 0 Å². The molecule has 3 N–H and O–H groups in total. The van der Waals surface area contributed by atoms with Crippen LogP contribution in [0.15, 0.2) is 36.5 Å². The zero-order chi connectivity index (χ0) is 17.1. The number of nitrogens with one attached hydrogen (secondary N) is 1. The lowest BCUT2D eigenvalue weighted by Gasteiger charge is -2.22. The van der Waals surface area contributed by atoms with Crippen LogP contribution in [0.1, 0.15) is 29.8 Å². The summed E-state index contributed by atoms with van der Waals surface area (Å²) in [7, 11) is 1.88. The molecule has 3 rings (SSSR count). The zero-order valence-electron chi connectivity index (χ0n) is 13.5. The molecule has 1 amide bonds. The van der Waals surface area contributed by atoms with Crippen LogP contribution in [0.3, 0.4) is 0 Å². The summed E-state index contributed by atoms with van der Waals surface area (Å²) in [5.41, 5.74) is 7.17. The van der Waals surface area contributed by atoms with Crippen LogP contribution in [-0.2, 0) is 16.6 Å². The summed E-state index contributed by atoms with van der Waals surface area (Å²) in [5.74, 6) is -0.622. The van der Waals surface area contributed by atoms with Gasteiger partial charge in [0.05, 0.1) is 5.69 Å². The van der Waals surface area contributed by atoms with Crippen molar-refractivity contribution >= 4 is 5.91 Å². The Kier molecular flexibility index (Phi) is 4.92. The zero-order valence-corrected chi connectivity index (χ0v) is 13.5. The molecular weight excluding hydrogens is 311 g/mol. The molecule has 6 nitrogen and oxygen atoms in total. The van der Waals surface area contributed by atoms with E-state index in [-0.39, 0.29) is 17.8 Å². The van der Waals surface area contributed by atoms with Crippen LogP contribution < -0.4 is 11.1 Å². The number of ether oxygens (including phenoxy) is 1. The van der Waals surface area contributed by atoms with Crippen molar-refractivity contribution < 1.29 is 13.9 Å². The second-order valence-corrected chi connectivity index (χ2v) is 6.02. The average Bonchev–Trinajstić information content (AvgIpc) is 3.17. The number of nitrogens with zero attached hydrogens (tertiary/aromatic N) is 2. The van der Waals surface area contributed by atoms with Gasteiger partial charge in [-0.05, 0) is 30.2 Å². The fourth-order valence-corrected chi connectivity index (χ4v) is 3.14. The Morgan fingerprint density at radius 1 is 1.46 bits per heavy atom. The number of hydrogen-bond donors (Lipinski definition) is 2. The first kappa shape index (κ1) is 16.6. The van der Waals surface area contributed by atoms with Crippen molar-refractivity contribution in [2.75, 3.05) is 13.2 Å². The molecule has 1 aromatic heterocycles. The third-order valence-corrected chi connectivity index (χ3v) is 4.44. The number of amides is 1. The van der Waals surface area contributed by atoms with Crippen LogP contribution in [0, 0.1) is 11.7 Å². The van der Waals surface area contributed by atoms with E-state index in [0.717, 1.165) is 12.1 Å². The van der Waals surface area contributed by atoms with Crippen molar-refractivity contribution in [2.45, 2.75) is 18.6 Å². The van der Waals surface area contributed by atoms with Crippen LogP contribution in [-0.4, -0.2) is 28.8 Å². The topological polar surface area (TPSA) is 82.2 Å². The molecule has 1 fully saturated rings. The largest absolute Gasteiger partial charge is 0.372 e. The summed E-state index contributed by atoms with van der Waals surface area (Å²) >= 11 is 0. The molecule has 128 valence electrons. The lowest BCUT2D eigenvalue weighted by Crippen LogP contribution is -2.37. The van der Waals surface area contributed by atoms with Gasteiger partial charge in [0.1, 0.15) is 18.0 Å². The van der Waals surface area contributed by atoms with Crippen molar-refractivity contribution in [1.29, 1.82) is 0 Å². The Hall–Kier alpha value is -2.25. The summed E-state index contributed by atoms with van der Waals surface area (Å²) in [6.45, 7) is 1.24. The van der Waals surface area contributed by atoms with Gasteiger partial charge in [0, 0.05) is 32.3 Å². The van der Waals surface area contributed by atoms with E-state index in [0.29, 0.717) is 18.7 Å². The van der Waals surface area contributed by atoms with Gasteiger partial charge in [0.2, 0.25) is 5.91 Å². The molecule has 1 aliphatic heterocycles. The summed E-state index contributed by atoms with van der Waals surface area (Å²) in [4.78, 5) is 11.8. The molecule has 7 heteroatoms. The first-order valence-corrected chi connectivity index (χ1v) is 7.94. The van der Waals surface area contributed by atoms with Gasteiger partial charge < -0.3 is 15.8 Å². The lowest BCUT2D eigenvalue weighted by molar-refractivity contribution is -0.120. The van der Waals surface area contributed by atoms with Crippen molar-refractivity contribution in [1.82, 2.24) is 15.1 Å². The molecule has 1 unspecified atom stereocenters. The number of aromatic nitrogens is 2. The molecule has 24 heavy (non-hydrogen) atoms. The highest BCUT2D eigenvalue weighted by molar-refractivity contribution is 5.81.